The van der Waals surface area contributed by atoms with E-state index in [0.717, 1.165) is 38.5 Å². The number of urea groups is 1. The number of carbonyl (C=O) groups excluding carboxylic acids is 3. The van der Waals surface area contributed by atoms with E-state index in [9.17, 15) is 32.7 Å². The van der Waals surface area contributed by atoms with Crippen molar-refractivity contribution < 1.29 is 42.1 Å². The Morgan fingerprint density at radius 2 is 1.80 bits per heavy atom. The minimum atomic E-state index is -4.47. The number of fused-ring (bicyclic) bond motifs is 1. The first-order valence-electron chi connectivity index (χ1n) is 16.5. The van der Waals surface area contributed by atoms with Gasteiger partial charge < -0.3 is 35.0 Å². The molecule has 0 radical (unpaired) electrons. The fraction of sp³-hybridized carbons (Fsp3) is 0.727. The summed E-state index contributed by atoms with van der Waals surface area (Å²) in [4.78, 5) is 42.6. The lowest BCUT2D eigenvalue weighted by atomic mass is 9.96. The molecular weight excluding hydrogens is 605 g/mol. The zero-order valence-corrected chi connectivity index (χ0v) is 27.5. The quantitative estimate of drug-likeness (QED) is 0.329. The van der Waals surface area contributed by atoms with E-state index in [2.05, 4.69) is 10.6 Å². The third-order valence-electron chi connectivity index (χ3n) is 8.70. The summed E-state index contributed by atoms with van der Waals surface area (Å²) >= 11 is 0. The second-order valence-electron chi connectivity index (χ2n) is 12.8. The molecule has 1 saturated carbocycles. The van der Waals surface area contributed by atoms with E-state index in [4.69, 9.17) is 9.47 Å². The van der Waals surface area contributed by atoms with Gasteiger partial charge in [0.25, 0.3) is 5.91 Å². The van der Waals surface area contributed by atoms with Crippen molar-refractivity contribution in [1.82, 2.24) is 15.1 Å². The molecule has 1 heterocycles. The number of amides is 4. The van der Waals surface area contributed by atoms with Gasteiger partial charge in [0.1, 0.15) is 5.75 Å². The minimum Gasteiger partial charge on any atom is -0.490 e. The van der Waals surface area contributed by atoms with Crippen LogP contribution in [-0.2, 0) is 9.53 Å². The molecule has 2 aliphatic rings. The molecule has 0 bridgehead atoms. The highest BCUT2D eigenvalue weighted by Gasteiger charge is 2.32. The molecule has 10 nitrogen and oxygen atoms in total. The second-order valence-corrected chi connectivity index (χ2v) is 12.8. The Morgan fingerprint density at radius 1 is 1.11 bits per heavy atom. The summed E-state index contributed by atoms with van der Waals surface area (Å²) in [5.41, 5.74) is 0.277. The van der Waals surface area contributed by atoms with Gasteiger partial charge >= 0.3 is 12.2 Å². The van der Waals surface area contributed by atoms with Gasteiger partial charge in [0.05, 0.1) is 36.8 Å². The number of hydrogen-bond donors (Lipinski definition) is 3. The zero-order chi connectivity index (χ0) is 33.9. The van der Waals surface area contributed by atoms with Gasteiger partial charge in [0.2, 0.25) is 5.91 Å². The monoisotopic (exact) mass is 656 g/mol. The summed E-state index contributed by atoms with van der Waals surface area (Å²) in [6.07, 6.45) is 0.402. The lowest BCUT2D eigenvalue weighted by Gasteiger charge is -2.36. The molecule has 3 rings (SSSR count). The van der Waals surface area contributed by atoms with Gasteiger partial charge in [-0.2, -0.15) is 13.2 Å². The number of hydrogen-bond acceptors (Lipinski definition) is 6. The molecule has 0 aromatic heterocycles. The van der Waals surface area contributed by atoms with Gasteiger partial charge in [-0.05, 0) is 64.2 Å². The van der Waals surface area contributed by atoms with E-state index >= 15 is 0 Å². The third-order valence-corrected chi connectivity index (χ3v) is 8.70. The molecule has 4 atom stereocenters. The summed E-state index contributed by atoms with van der Waals surface area (Å²) in [7, 11) is 1.73. The molecule has 1 aromatic carbocycles. The first kappa shape index (κ1) is 37.4. The van der Waals surface area contributed by atoms with E-state index < -0.39 is 43.0 Å². The summed E-state index contributed by atoms with van der Waals surface area (Å²) in [5.74, 6) is -1.27. The third kappa shape index (κ3) is 11.9. The maximum atomic E-state index is 14.2. The number of anilines is 1. The lowest BCUT2D eigenvalue weighted by molar-refractivity contribution is -0.142. The van der Waals surface area contributed by atoms with Crippen LogP contribution in [0.25, 0.3) is 0 Å². The van der Waals surface area contributed by atoms with E-state index in [1.165, 1.54) is 29.5 Å². The van der Waals surface area contributed by atoms with Gasteiger partial charge in [-0.1, -0.05) is 26.2 Å². The van der Waals surface area contributed by atoms with E-state index in [1.54, 1.807) is 18.9 Å². The van der Waals surface area contributed by atoms with Crippen molar-refractivity contribution in [3.8, 4) is 5.75 Å². The van der Waals surface area contributed by atoms with Crippen molar-refractivity contribution >= 4 is 23.5 Å². The first-order chi connectivity index (χ1) is 21.8. The Morgan fingerprint density at radius 3 is 2.48 bits per heavy atom. The van der Waals surface area contributed by atoms with Gasteiger partial charge in [-0.3, -0.25) is 9.59 Å². The number of nitrogens with zero attached hydrogens (tertiary/aromatic N) is 2. The van der Waals surface area contributed by atoms with Crippen molar-refractivity contribution in [2.24, 2.45) is 5.92 Å². The molecule has 0 saturated heterocycles. The minimum absolute atomic E-state index is 0.117. The van der Waals surface area contributed by atoms with Gasteiger partial charge in [0, 0.05) is 50.8 Å². The van der Waals surface area contributed by atoms with Crippen LogP contribution in [0, 0.1) is 5.92 Å². The van der Waals surface area contributed by atoms with E-state index in [0.29, 0.717) is 19.6 Å². The molecule has 260 valence electrons. The van der Waals surface area contributed by atoms with Gasteiger partial charge in [-0.15, -0.1) is 0 Å². The number of aliphatic hydroxyl groups excluding tert-OH is 1. The van der Waals surface area contributed by atoms with Crippen LogP contribution in [0.4, 0.5) is 23.7 Å². The van der Waals surface area contributed by atoms with E-state index in [-0.39, 0.29) is 54.2 Å². The Hall–Kier alpha value is -3.06. The number of nitrogens with one attached hydrogen (secondary N) is 2. The molecular formula is C33H51F3N4O6. The summed E-state index contributed by atoms with van der Waals surface area (Å²) < 4.78 is 50.5. The fourth-order valence-electron chi connectivity index (χ4n) is 5.83. The Bertz CT molecular complexity index is 1150. The fourth-order valence-corrected chi connectivity index (χ4v) is 5.83. The summed E-state index contributed by atoms with van der Waals surface area (Å²) in [5, 5.41) is 15.7. The highest BCUT2D eigenvalue weighted by atomic mass is 19.4. The predicted octanol–water partition coefficient (Wildman–Crippen LogP) is 5.74. The SMILES string of the molecule is C[C@H](CO)N1C[C@H](C)[C@H](CN(C)C(=O)NC2CCCCC2)OCCCC[C@H](C)Oc2ccc(NC(=O)CCC(F)(F)F)cc2C1=O. The summed E-state index contributed by atoms with van der Waals surface area (Å²) in [6.45, 7) is 6.15. The summed E-state index contributed by atoms with van der Waals surface area (Å²) in [6, 6.07) is 3.82. The van der Waals surface area contributed by atoms with Gasteiger partial charge in [0.15, 0.2) is 0 Å². The average molecular weight is 657 g/mol. The lowest BCUT2D eigenvalue weighted by Crippen LogP contribution is -2.50. The number of aliphatic hydroxyl groups is 1. The number of alkyl halides is 3. The molecule has 1 aliphatic heterocycles. The predicted molar refractivity (Wildman–Crippen MR) is 169 cm³/mol. The van der Waals surface area contributed by atoms with E-state index in [1.807, 2.05) is 13.8 Å². The Kier molecular flexibility index (Phi) is 14.4. The van der Waals surface area contributed by atoms with Crippen molar-refractivity contribution in [1.29, 1.82) is 0 Å². The highest BCUT2D eigenvalue weighted by molar-refractivity contribution is 5.99. The standard InChI is InChI=1S/C33H51F3N4O6/c1-22-19-40(23(2)21-41)31(43)27-18-26(37-30(42)15-16-33(34,35)36)13-14-28(27)46-24(3)10-8-9-17-45-29(22)20-39(4)32(44)38-25-11-6-5-7-12-25/h13-14,18,22-25,29,41H,5-12,15-17,19-21H2,1-4H3,(H,37,42)(H,38,44)/t22-,23+,24-,29-/m0/s1. The van der Waals surface area contributed by atoms with Crippen molar-refractivity contribution in [2.45, 2.75) is 115 Å². The van der Waals surface area contributed by atoms with Crippen LogP contribution in [-0.4, -0.2) is 96.6 Å². The van der Waals surface area contributed by atoms with Crippen LogP contribution in [0.1, 0.15) is 95.3 Å². The molecule has 1 fully saturated rings. The number of likely N-dealkylation sites (N-methyl/N-ethyl adjacent to an activating group) is 1. The molecule has 0 unspecified atom stereocenters. The molecule has 1 aliphatic carbocycles. The Balaban J connectivity index is 1.85. The largest absolute Gasteiger partial charge is 0.490 e. The number of halogens is 3. The average Bonchev–Trinajstić information content (AvgIpc) is 3.01. The maximum Gasteiger partial charge on any atom is 0.389 e. The number of benzene rings is 1. The topological polar surface area (TPSA) is 120 Å². The van der Waals surface area contributed by atoms with Crippen LogP contribution in [0.15, 0.2) is 18.2 Å². The molecule has 4 amide bonds. The number of rotatable bonds is 8. The van der Waals surface area contributed by atoms with Crippen molar-refractivity contribution in [2.75, 3.05) is 38.7 Å². The smallest absolute Gasteiger partial charge is 0.389 e. The molecule has 46 heavy (non-hydrogen) atoms. The normalized spacial score (nSPS) is 23.0. The molecule has 0 spiro atoms. The van der Waals surface area contributed by atoms with Crippen LogP contribution < -0.4 is 15.4 Å². The van der Waals surface area contributed by atoms with Crippen molar-refractivity contribution in [3.63, 3.8) is 0 Å². The van der Waals surface area contributed by atoms with Crippen LogP contribution >= 0.6 is 0 Å². The molecule has 1 aromatic rings. The number of carbonyl (C=O) groups is 3. The maximum absolute atomic E-state index is 14.2. The molecule has 3 N–H and O–H groups in total. The van der Waals surface area contributed by atoms with Crippen LogP contribution in [0.3, 0.4) is 0 Å². The first-order valence-corrected chi connectivity index (χ1v) is 16.5. The highest BCUT2D eigenvalue weighted by Crippen LogP contribution is 2.29. The van der Waals surface area contributed by atoms with Crippen molar-refractivity contribution in [3.05, 3.63) is 23.8 Å². The van der Waals surface area contributed by atoms with Crippen LogP contribution in [0.2, 0.25) is 0 Å². The number of ether oxygens (including phenoxy) is 2. The van der Waals surface area contributed by atoms with Gasteiger partial charge in [-0.25, -0.2) is 4.79 Å². The molecule has 13 heteroatoms. The Labute approximate surface area is 270 Å². The van der Waals surface area contributed by atoms with Crippen LogP contribution in [0.5, 0.6) is 5.75 Å². The zero-order valence-electron chi connectivity index (χ0n) is 27.5. The second kappa shape index (κ2) is 17.7.